The summed E-state index contributed by atoms with van der Waals surface area (Å²) in [6, 6.07) is 0. The second-order valence-corrected chi connectivity index (χ2v) is 1.29. The second kappa shape index (κ2) is 4.98. The Morgan fingerprint density at radius 1 is 1.78 bits per heavy atom. The normalized spacial score (nSPS) is 7.22. The molecule has 3 heteroatoms. The van der Waals surface area contributed by atoms with Gasteiger partial charge in [0.15, 0.2) is 0 Å². The Balaban J connectivity index is 3.07. The number of carboxylic acid groups (broad SMARTS) is 1. The van der Waals surface area contributed by atoms with Crippen molar-refractivity contribution in [2.75, 3.05) is 6.61 Å². The molecule has 0 unspecified atom stereocenters. The van der Waals surface area contributed by atoms with Gasteiger partial charge < -0.3 is 9.84 Å². The lowest BCUT2D eigenvalue weighted by molar-refractivity contribution is 0.0937. The molecule has 9 heavy (non-hydrogen) atoms. The first kappa shape index (κ1) is 7.83. The molecule has 50 valence electrons. The number of carbonyl (C=O) groups is 1. The monoisotopic (exact) mass is 128 g/mol. The van der Waals surface area contributed by atoms with Gasteiger partial charge in [0, 0.05) is 6.42 Å². The first-order chi connectivity index (χ1) is 4.27. The minimum Gasteiger partial charge on any atom is -0.450 e. The largest absolute Gasteiger partial charge is 0.505 e. The maximum Gasteiger partial charge on any atom is 0.505 e. The van der Waals surface area contributed by atoms with Gasteiger partial charge in [-0.15, -0.1) is 11.8 Å². The molecule has 0 saturated heterocycles. The van der Waals surface area contributed by atoms with E-state index in [1.165, 1.54) is 0 Å². The lowest BCUT2D eigenvalue weighted by atomic mass is 10.4. The molecule has 0 aromatic rings. The topological polar surface area (TPSA) is 46.5 Å². The highest BCUT2D eigenvalue weighted by Crippen LogP contribution is 1.79. The van der Waals surface area contributed by atoms with Crippen LogP contribution in [0.2, 0.25) is 0 Å². The Kier molecular flexibility index (Phi) is 4.33. The summed E-state index contributed by atoms with van der Waals surface area (Å²) in [5.41, 5.74) is 0. The molecular weight excluding hydrogens is 120 g/mol. The quantitative estimate of drug-likeness (QED) is 0.344. The smallest absolute Gasteiger partial charge is 0.450 e. The Hall–Kier alpha value is -1.17. The molecule has 0 aliphatic carbocycles. The van der Waals surface area contributed by atoms with Crippen LogP contribution in [0.4, 0.5) is 4.79 Å². The average Bonchev–Trinajstić information content (AvgIpc) is 1.80. The predicted octanol–water partition coefficient (Wildman–Crippen LogP) is 1.09. The minimum absolute atomic E-state index is 0.163. The highest BCUT2D eigenvalue weighted by atomic mass is 16.7. The van der Waals surface area contributed by atoms with Gasteiger partial charge in [-0.2, -0.15) is 0 Å². The molecule has 0 aliphatic rings. The van der Waals surface area contributed by atoms with E-state index in [0.29, 0.717) is 6.42 Å². The molecule has 0 amide bonds. The fourth-order valence-electron chi connectivity index (χ4n) is 0.314. The van der Waals surface area contributed by atoms with E-state index < -0.39 is 6.16 Å². The zero-order valence-electron chi connectivity index (χ0n) is 5.18. The summed E-state index contributed by atoms with van der Waals surface area (Å²) in [5.74, 6) is 5.28. The molecule has 0 atom stereocenters. The minimum atomic E-state index is -1.24. The van der Waals surface area contributed by atoms with Crippen molar-refractivity contribution in [3.63, 3.8) is 0 Å². The molecule has 0 bridgehead atoms. The third kappa shape index (κ3) is 6.83. The van der Waals surface area contributed by atoms with Crippen molar-refractivity contribution < 1.29 is 14.6 Å². The van der Waals surface area contributed by atoms with Crippen LogP contribution < -0.4 is 0 Å². The van der Waals surface area contributed by atoms with Crippen LogP contribution in [-0.4, -0.2) is 17.9 Å². The Morgan fingerprint density at radius 3 is 2.89 bits per heavy atom. The highest BCUT2D eigenvalue weighted by molar-refractivity contribution is 5.56. The lowest BCUT2D eigenvalue weighted by Crippen LogP contribution is -2.00. The molecule has 0 aromatic heterocycles. The SMILES string of the molecule is CC#CCCOC(=O)O. The lowest BCUT2D eigenvalue weighted by Gasteiger charge is -1.92. The Morgan fingerprint density at radius 2 is 2.44 bits per heavy atom. The summed E-state index contributed by atoms with van der Waals surface area (Å²) < 4.78 is 4.16. The van der Waals surface area contributed by atoms with Gasteiger partial charge in [-0.05, 0) is 6.92 Å². The summed E-state index contributed by atoms with van der Waals surface area (Å²) >= 11 is 0. The molecule has 3 nitrogen and oxygen atoms in total. The van der Waals surface area contributed by atoms with Gasteiger partial charge >= 0.3 is 6.16 Å². The van der Waals surface area contributed by atoms with Crippen LogP contribution in [0.15, 0.2) is 0 Å². The van der Waals surface area contributed by atoms with Crippen molar-refractivity contribution in [2.45, 2.75) is 13.3 Å². The zero-order valence-corrected chi connectivity index (χ0v) is 5.18. The third-order valence-corrected chi connectivity index (χ3v) is 0.629. The van der Waals surface area contributed by atoms with Crippen molar-refractivity contribution >= 4 is 6.16 Å². The molecule has 0 spiro atoms. The van der Waals surface area contributed by atoms with Crippen LogP contribution >= 0.6 is 0 Å². The first-order valence-electron chi connectivity index (χ1n) is 2.52. The molecular formula is C6H8O3. The molecule has 0 aliphatic heterocycles. The Bertz CT molecular complexity index is 140. The fourth-order valence-corrected chi connectivity index (χ4v) is 0.314. The number of ether oxygens (including phenoxy) is 1. The van der Waals surface area contributed by atoms with Crippen molar-refractivity contribution in [1.29, 1.82) is 0 Å². The number of hydrogen-bond donors (Lipinski definition) is 1. The van der Waals surface area contributed by atoms with Gasteiger partial charge in [-0.3, -0.25) is 0 Å². The van der Waals surface area contributed by atoms with Gasteiger partial charge in [-0.25, -0.2) is 4.79 Å². The predicted molar refractivity (Wildman–Crippen MR) is 32.0 cm³/mol. The van der Waals surface area contributed by atoms with Crippen LogP contribution in [0.1, 0.15) is 13.3 Å². The summed E-state index contributed by atoms with van der Waals surface area (Å²) in [5, 5.41) is 7.94. The zero-order chi connectivity index (χ0) is 7.11. The molecule has 0 aromatic carbocycles. The third-order valence-electron chi connectivity index (χ3n) is 0.629. The second-order valence-electron chi connectivity index (χ2n) is 1.29. The fraction of sp³-hybridized carbons (Fsp3) is 0.500. The number of hydrogen-bond acceptors (Lipinski definition) is 2. The van der Waals surface area contributed by atoms with E-state index in [9.17, 15) is 4.79 Å². The summed E-state index contributed by atoms with van der Waals surface area (Å²) in [7, 11) is 0. The Labute approximate surface area is 53.6 Å². The van der Waals surface area contributed by atoms with E-state index in [0.717, 1.165) is 0 Å². The van der Waals surface area contributed by atoms with E-state index in [4.69, 9.17) is 5.11 Å². The average molecular weight is 128 g/mol. The highest BCUT2D eigenvalue weighted by Gasteiger charge is 1.91. The molecule has 0 rings (SSSR count). The van der Waals surface area contributed by atoms with Gasteiger partial charge in [0.2, 0.25) is 0 Å². The van der Waals surface area contributed by atoms with Gasteiger partial charge in [0.05, 0.1) is 0 Å². The van der Waals surface area contributed by atoms with Crippen LogP contribution in [-0.2, 0) is 4.74 Å². The van der Waals surface area contributed by atoms with Crippen molar-refractivity contribution in [3.8, 4) is 11.8 Å². The molecule has 0 fully saturated rings. The van der Waals surface area contributed by atoms with E-state index in [1.807, 2.05) is 0 Å². The summed E-state index contributed by atoms with van der Waals surface area (Å²) in [4.78, 5) is 9.69. The van der Waals surface area contributed by atoms with Gasteiger partial charge in [-0.1, -0.05) is 0 Å². The van der Waals surface area contributed by atoms with E-state index >= 15 is 0 Å². The van der Waals surface area contributed by atoms with E-state index in [2.05, 4.69) is 16.6 Å². The van der Waals surface area contributed by atoms with Gasteiger partial charge in [0.1, 0.15) is 6.61 Å². The van der Waals surface area contributed by atoms with Crippen LogP contribution in [0.5, 0.6) is 0 Å². The van der Waals surface area contributed by atoms with E-state index in [-0.39, 0.29) is 6.61 Å². The van der Waals surface area contributed by atoms with Crippen molar-refractivity contribution in [1.82, 2.24) is 0 Å². The first-order valence-corrected chi connectivity index (χ1v) is 2.52. The maximum atomic E-state index is 9.69. The van der Waals surface area contributed by atoms with Crippen molar-refractivity contribution in [3.05, 3.63) is 0 Å². The maximum absolute atomic E-state index is 9.69. The standard InChI is InChI=1S/C6H8O3/c1-2-3-4-5-9-6(7)8/h4-5H2,1H3,(H,7,8). The summed E-state index contributed by atoms with van der Waals surface area (Å²) in [6.07, 6.45) is -0.768. The van der Waals surface area contributed by atoms with E-state index in [1.54, 1.807) is 6.92 Å². The van der Waals surface area contributed by atoms with Crippen LogP contribution in [0.3, 0.4) is 0 Å². The summed E-state index contributed by atoms with van der Waals surface area (Å²) in [6.45, 7) is 1.86. The van der Waals surface area contributed by atoms with Crippen LogP contribution in [0.25, 0.3) is 0 Å². The van der Waals surface area contributed by atoms with Gasteiger partial charge in [0.25, 0.3) is 0 Å². The van der Waals surface area contributed by atoms with Crippen LogP contribution in [0, 0.1) is 11.8 Å². The van der Waals surface area contributed by atoms with Crippen molar-refractivity contribution in [2.24, 2.45) is 0 Å². The molecule has 1 N–H and O–H groups in total. The molecule has 0 saturated carbocycles. The molecule has 0 heterocycles. The number of rotatable bonds is 2. The molecule has 0 radical (unpaired) electrons.